The van der Waals surface area contributed by atoms with Crippen LogP contribution in [0.3, 0.4) is 0 Å². The number of thiazole rings is 1. The predicted molar refractivity (Wildman–Crippen MR) is 116 cm³/mol. The summed E-state index contributed by atoms with van der Waals surface area (Å²) in [5, 5.41) is 17.1. The Labute approximate surface area is 178 Å². The molecule has 1 saturated carbocycles. The van der Waals surface area contributed by atoms with Crippen LogP contribution in [0.15, 0.2) is 41.9 Å². The van der Waals surface area contributed by atoms with E-state index in [9.17, 15) is 9.90 Å². The number of hydrogen-bond donors (Lipinski definition) is 2. The number of aromatic nitrogens is 3. The van der Waals surface area contributed by atoms with Crippen LogP contribution in [-0.2, 0) is 10.4 Å². The van der Waals surface area contributed by atoms with Crippen molar-refractivity contribution in [1.82, 2.24) is 19.9 Å². The molecule has 2 fully saturated rings. The van der Waals surface area contributed by atoms with Crippen LogP contribution in [0.25, 0.3) is 22.0 Å². The highest BCUT2D eigenvalue weighted by Crippen LogP contribution is 2.36. The highest BCUT2D eigenvalue weighted by Gasteiger charge is 2.45. The molecule has 2 aromatic heterocycles. The van der Waals surface area contributed by atoms with Crippen LogP contribution in [-0.4, -0.2) is 50.5 Å². The van der Waals surface area contributed by atoms with E-state index in [1.807, 2.05) is 29.6 Å². The molecule has 0 radical (unpaired) electrons. The third-order valence-corrected chi connectivity index (χ3v) is 6.85. The minimum atomic E-state index is -1.46. The first-order valence-corrected chi connectivity index (χ1v) is 11.1. The normalized spacial score (nSPS) is 21.7. The van der Waals surface area contributed by atoms with Crippen molar-refractivity contribution in [1.29, 1.82) is 0 Å². The number of nitrogens with zero attached hydrogens (tertiary/aromatic N) is 4. The van der Waals surface area contributed by atoms with Gasteiger partial charge in [0.25, 0.3) is 5.91 Å². The van der Waals surface area contributed by atoms with Crippen molar-refractivity contribution in [3.63, 3.8) is 0 Å². The standard InChI is InChI=1S/C22H23N5O2S/c1-27-11-9-22(29,20(27)28)15-5-2-4-14(12-15)19-25-18(13-30-19)17-8-10-23-21(26-17)24-16-6-3-7-16/h2,4-5,8,10,12-13,16,29H,3,6-7,9,11H2,1H3,(H,23,24,26)/t22-/m1/s1. The lowest BCUT2D eigenvalue weighted by atomic mass is 9.91. The van der Waals surface area contributed by atoms with Crippen molar-refractivity contribution in [3.8, 4) is 22.0 Å². The summed E-state index contributed by atoms with van der Waals surface area (Å²) in [7, 11) is 1.72. The zero-order valence-electron chi connectivity index (χ0n) is 16.7. The zero-order valence-corrected chi connectivity index (χ0v) is 17.5. The number of anilines is 1. The van der Waals surface area contributed by atoms with E-state index in [1.54, 1.807) is 24.2 Å². The fraction of sp³-hybridized carbons (Fsp3) is 0.364. The summed E-state index contributed by atoms with van der Waals surface area (Å²) < 4.78 is 0. The number of likely N-dealkylation sites (tertiary alicyclic amines) is 1. The van der Waals surface area contributed by atoms with E-state index in [0.29, 0.717) is 30.5 Å². The van der Waals surface area contributed by atoms with Crippen molar-refractivity contribution in [2.45, 2.75) is 37.3 Å². The van der Waals surface area contributed by atoms with Crippen LogP contribution < -0.4 is 5.32 Å². The Kier molecular flexibility index (Phi) is 4.75. The van der Waals surface area contributed by atoms with Gasteiger partial charge in [-0.05, 0) is 37.0 Å². The first kappa shape index (κ1) is 19.1. The van der Waals surface area contributed by atoms with Crippen LogP contribution in [0.5, 0.6) is 0 Å². The molecule has 8 heteroatoms. The first-order valence-electron chi connectivity index (χ1n) is 10.2. The van der Waals surface area contributed by atoms with Gasteiger partial charge in [-0.25, -0.2) is 15.0 Å². The number of carbonyl (C=O) groups is 1. The fourth-order valence-corrected chi connectivity index (χ4v) is 4.67. The molecule has 3 heterocycles. The summed E-state index contributed by atoms with van der Waals surface area (Å²) in [6.07, 6.45) is 5.72. The zero-order chi connectivity index (χ0) is 20.7. The Bertz CT molecular complexity index is 1100. The minimum Gasteiger partial charge on any atom is -0.375 e. The van der Waals surface area contributed by atoms with Gasteiger partial charge >= 0.3 is 0 Å². The molecule has 1 saturated heterocycles. The number of likely N-dealkylation sites (N-methyl/N-ethyl adjacent to an activating group) is 1. The maximum absolute atomic E-state index is 12.4. The summed E-state index contributed by atoms with van der Waals surface area (Å²) in [6, 6.07) is 9.80. The number of rotatable bonds is 5. The highest BCUT2D eigenvalue weighted by molar-refractivity contribution is 7.13. The molecule has 2 aliphatic rings. The molecule has 1 amide bonds. The number of hydrogen-bond acceptors (Lipinski definition) is 7. The molecule has 1 atom stereocenters. The van der Waals surface area contributed by atoms with Crippen LogP contribution >= 0.6 is 11.3 Å². The molecule has 3 aromatic rings. The van der Waals surface area contributed by atoms with Crippen molar-refractivity contribution in [2.75, 3.05) is 18.9 Å². The molecule has 30 heavy (non-hydrogen) atoms. The summed E-state index contributed by atoms with van der Waals surface area (Å²) in [4.78, 5) is 27.7. The quantitative estimate of drug-likeness (QED) is 0.657. The highest BCUT2D eigenvalue weighted by atomic mass is 32.1. The maximum atomic E-state index is 12.4. The van der Waals surface area contributed by atoms with Crippen molar-refractivity contribution >= 4 is 23.2 Å². The molecule has 1 aliphatic carbocycles. The molecule has 0 bridgehead atoms. The second-order valence-electron chi connectivity index (χ2n) is 7.99. The van der Waals surface area contributed by atoms with E-state index in [-0.39, 0.29) is 5.91 Å². The van der Waals surface area contributed by atoms with E-state index < -0.39 is 5.60 Å². The van der Waals surface area contributed by atoms with E-state index in [4.69, 9.17) is 4.98 Å². The van der Waals surface area contributed by atoms with Crippen molar-refractivity contribution in [2.24, 2.45) is 0 Å². The molecule has 154 valence electrons. The lowest BCUT2D eigenvalue weighted by Gasteiger charge is -2.26. The average molecular weight is 422 g/mol. The van der Waals surface area contributed by atoms with Gasteiger partial charge in [0.05, 0.1) is 5.69 Å². The van der Waals surface area contributed by atoms with Gasteiger partial charge in [0.2, 0.25) is 5.95 Å². The van der Waals surface area contributed by atoms with Gasteiger partial charge in [-0.15, -0.1) is 11.3 Å². The van der Waals surface area contributed by atoms with Gasteiger partial charge in [0.15, 0.2) is 5.60 Å². The maximum Gasteiger partial charge on any atom is 0.258 e. The molecular weight excluding hydrogens is 398 g/mol. The third kappa shape index (κ3) is 3.36. The van der Waals surface area contributed by atoms with Crippen LogP contribution in [0.2, 0.25) is 0 Å². The predicted octanol–water partition coefficient (Wildman–Crippen LogP) is 3.28. The molecule has 1 aliphatic heterocycles. The van der Waals surface area contributed by atoms with Gasteiger partial charge < -0.3 is 15.3 Å². The van der Waals surface area contributed by atoms with Crippen LogP contribution in [0.1, 0.15) is 31.2 Å². The largest absolute Gasteiger partial charge is 0.375 e. The fourth-order valence-electron chi connectivity index (χ4n) is 3.86. The van der Waals surface area contributed by atoms with E-state index in [2.05, 4.69) is 15.3 Å². The van der Waals surface area contributed by atoms with Gasteiger partial charge in [-0.2, -0.15) is 0 Å². The Balaban J connectivity index is 1.41. The number of carbonyl (C=O) groups excluding carboxylic acids is 1. The Morgan fingerprint density at radius 3 is 2.83 bits per heavy atom. The smallest absolute Gasteiger partial charge is 0.258 e. The second kappa shape index (κ2) is 7.45. The lowest BCUT2D eigenvalue weighted by Crippen LogP contribution is -2.36. The molecule has 7 nitrogen and oxygen atoms in total. The molecule has 0 spiro atoms. The number of benzene rings is 1. The Hall–Kier alpha value is -2.84. The summed E-state index contributed by atoms with van der Waals surface area (Å²) in [5.41, 5.74) is 1.59. The first-order chi connectivity index (χ1) is 14.5. The van der Waals surface area contributed by atoms with Gasteiger partial charge in [0, 0.05) is 43.2 Å². The third-order valence-electron chi connectivity index (χ3n) is 5.96. The minimum absolute atomic E-state index is 0.257. The molecule has 1 aromatic carbocycles. The molecular formula is C22H23N5O2S. The number of amides is 1. The van der Waals surface area contributed by atoms with Gasteiger partial charge in [-0.1, -0.05) is 18.2 Å². The topological polar surface area (TPSA) is 91.2 Å². The Morgan fingerprint density at radius 2 is 2.10 bits per heavy atom. The van der Waals surface area contributed by atoms with E-state index in [1.165, 1.54) is 17.8 Å². The van der Waals surface area contributed by atoms with Gasteiger partial charge in [0.1, 0.15) is 10.7 Å². The molecule has 5 rings (SSSR count). The van der Waals surface area contributed by atoms with Crippen LogP contribution in [0.4, 0.5) is 5.95 Å². The van der Waals surface area contributed by atoms with Gasteiger partial charge in [-0.3, -0.25) is 4.79 Å². The number of aliphatic hydroxyl groups is 1. The van der Waals surface area contributed by atoms with Crippen molar-refractivity contribution < 1.29 is 9.90 Å². The summed E-state index contributed by atoms with van der Waals surface area (Å²) >= 11 is 1.52. The van der Waals surface area contributed by atoms with E-state index in [0.717, 1.165) is 34.8 Å². The monoisotopic (exact) mass is 421 g/mol. The SMILES string of the molecule is CN1CC[C@@](O)(c2cccc(-c3nc(-c4ccnc(NC5CCC5)n4)cs3)c2)C1=O. The molecule has 2 N–H and O–H groups in total. The Morgan fingerprint density at radius 1 is 1.23 bits per heavy atom. The van der Waals surface area contributed by atoms with E-state index >= 15 is 0 Å². The lowest BCUT2D eigenvalue weighted by molar-refractivity contribution is -0.143. The average Bonchev–Trinajstić information content (AvgIpc) is 3.33. The number of nitrogens with one attached hydrogen (secondary N) is 1. The summed E-state index contributed by atoms with van der Waals surface area (Å²) in [6.45, 7) is 0.548. The second-order valence-corrected chi connectivity index (χ2v) is 8.85. The summed E-state index contributed by atoms with van der Waals surface area (Å²) in [5.74, 6) is 0.381. The van der Waals surface area contributed by atoms with Crippen LogP contribution in [0, 0.1) is 0 Å². The van der Waals surface area contributed by atoms with Crippen molar-refractivity contribution in [3.05, 3.63) is 47.5 Å². The molecule has 0 unspecified atom stereocenters.